The summed E-state index contributed by atoms with van der Waals surface area (Å²) in [6.45, 7) is 0. The third-order valence-electron chi connectivity index (χ3n) is 5.96. The highest BCUT2D eigenvalue weighted by Crippen LogP contribution is 2.56. The molecule has 5 rings (SSSR count). The predicted octanol–water partition coefficient (Wildman–Crippen LogP) is 5.18. The molecule has 4 saturated carbocycles. The maximum Gasteiger partial charge on any atom is 0.140 e. The highest BCUT2D eigenvalue weighted by molar-refractivity contribution is 6.42. The zero-order chi connectivity index (χ0) is 14.6. The molecule has 0 heterocycles. The Morgan fingerprint density at radius 2 is 1.57 bits per heavy atom. The second-order valence-corrected chi connectivity index (χ2v) is 8.16. The van der Waals surface area contributed by atoms with E-state index in [1.165, 1.54) is 32.1 Å². The van der Waals surface area contributed by atoms with Crippen LogP contribution < -0.4 is 0 Å². The summed E-state index contributed by atoms with van der Waals surface area (Å²) in [6.07, 6.45) is 7.13. The molecule has 1 aromatic carbocycles. The second-order valence-electron chi connectivity index (χ2n) is 7.35. The van der Waals surface area contributed by atoms with Crippen molar-refractivity contribution in [2.45, 2.75) is 38.5 Å². The number of Topliss-reactive ketones (excluding diaryl/α,β-unsaturated/α-hetero) is 1. The van der Waals surface area contributed by atoms with Gasteiger partial charge in [0.15, 0.2) is 0 Å². The summed E-state index contributed by atoms with van der Waals surface area (Å²) in [5.74, 6) is 3.91. The Kier molecular flexibility index (Phi) is 3.54. The monoisotopic (exact) mass is 322 g/mol. The molecule has 0 aromatic heterocycles. The Morgan fingerprint density at radius 1 is 0.952 bits per heavy atom. The van der Waals surface area contributed by atoms with Gasteiger partial charge in [0, 0.05) is 12.3 Å². The van der Waals surface area contributed by atoms with Crippen LogP contribution in [0.3, 0.4) is 0 Å². The molecule has 4 bridgehead atoms. The van der Waals surface area contributed by atoms with E-state index in [0.717, 1.165) is 17.4 Å². The second kappa shape index (κ2) is 5.28. The van der Waals surface area contributed by atoms with Crippen LogP contribution in [0.2, 0.25) is 10.0 Å². The summed E-state index contributed by atoms with van der Waals surface area (Å²) >= 11 is 12.0. The van der Waals surface area contributed by atoms with E-state index < -0.39 is 0 Å². The van der Waals surface area contributed by atoms with Gasteiger partial charge >= 0.3 is 0 Å². The average molecular weight is 323 g/mol. The zero-order valence-electron chi connectivity index (χ0n) is 12.0. The van der Waals surface area contributed by atoms with Crippen LogP contribution in [0.5, 0.6) is 0 Å². The molecule has 0 atom stereocenters. The number of hydrogen-bond acceptors (Lipinski definition) is 1. The Bertz CT molecular complexity index is 553. The first-order valence-corrected chi connectivity index (χ1v) is 8.82. The number of ketones is 1. The number of rotatable bonds is 3. The minimum Gasteiger partial charge on any atom is -0.299 e. The van der Waals surface area contributed by atoms with Crippen molar-refractivity contribution in [3.05, 3.63) is 33.8 Å². The van der Waals surface area contributed by atoms with Crippen molar-refractivity contribution >= 4 is 29.0 Å². The molecule has 0 spiro atoms. The van der Waals surface area contributed by atoms with Gasteiger partial charge in [0.2, 0.25) is 0 Å². The Balaban J connectivity index is 1.51. The van der Waals surface area contributed by atoms with Gasteiger partial charge < -0.3 is 0 Å². The first kappa shape index (κ1) is 14.1. The van der Waals surface area contributed by atoms with Gasteiger partial charge in [-0.15, -0.1) is 0 Å². The van der Waals surface area contributed by atoms with Crippen LogP contribution in [0.15, 0.2) is 18.2 Å². The highest BCUT2D eigenvalue weighted by atomic mass is 35.5. The number of carbonyl (C=O) groups excluding carboxylic acids is 1. The fraction of sp³-hybridized carbons (Fsp3) is 0.611. The van der Waals surface area contributed by atoms with Crippen molar-refractivity contribution in [1.82, 2.24) is 0 Å². The van der Waals surface area contributed by atoms with Crippen LogP contribution in [-0.4, -0.2) is 5.78 Å². The number of benzene rings is 1. The fourth-order valence-corrected chi connectivity index (χ4v) is 5.74. The maximum atomic E-state index is 12.8. The third-order valence-corrected chi connectivity index (χ3v) is 6.70. The summed E-state index contributed by atoms with van der Waals surface area (Å²) in [6, 6.07) is 5.57. The van der Waals surface area contributed by atoms with Crippen LogP contribution in [0.1, 0.15) is 37.7 Å². The molecule has 0 radical (unpaired) electrons. The van der Waals surface area contributed by atoms with E-state index in [0.29, 0.717) is 40.0 Å². The lowest BCUT2D eigenvalue weighted by molar-refractivity contribution is -0.135. The molecular formula is C18H20Cl2O. The van der Waals surface area contributed by atoms with Crippen molar-refractivity contribution in [1.29, 1.82) is 0 Å². The van der Waals surface area contributed by atoms with Crippen LogP contribution in [-0.2, 0) is 11.2 Å². The Morgan fingerprint density at radius 3 is 2.14 bits per heavy atom. The van der Waals surface area contributed by atoms with Gasteiger partial charge in [-0.3, -0.25) is 4.79 Å². The third kappa shape index (κ3) is 2.53. The van der Waals surface area contributed by atoms with Crippen molar-refractivity contribution < 1.29 is 4.79 Å². The highest BCUT2D eigenvalue weighted by Gasteiger charge is 2.50. The quantitative estimate of drug-likeness (QED) is 0.749. The van der Waals surface area contributed by atoms with Crippen LogP contribution in [0, 0.1) is 29.6 Å². The predicted molar refractivity (Wildman–Crippen MR) is 85.7 cm³/mol. The van der Waals surface area contributed by atoms with Gasteiger partial charge in [-0.05, 0) is 73.5 Å². The summed E-state index contributed by atoms with van der Waals surface area (Å²) < 4.78 is 0. The smallest absolute Gasteiger partial charge is 0.140 e. The Hall–Kier alpha value is -0.530. The summed E-state index contributed by atoms with van der Waals surface area (Å²) in [5.41, 5.74) is 1.00. The molecule has 1 aromatic rings. The number of hydrogen-bond donors (Lipinski definition) is 0. The first-order chi connectivity index (χ1) is 10.1. The molecule has 0 unspecified atom stereocenters. The molecular weight excluding hydrogens is 303 g/mol. The van der Waals surface area contributed by atoms with Crippen molar-refractivity contribution in [3.63, 3.8) is 0 Å². The van der Waals surface area contributed by atoms with E-state index in [4.69, 9.17) is 23.2 Å². The molecule has 0 amide bonds. The van der Waals surface area contributed by atoms with Crippen LogP contribution in [0.25, 0.3) is 0 Å². The van der Waals surface area contributed by atoms with Gasteiger partial charge in [-0.1, -0.05) is 29.3 Å². The molecule has 4 aliphatic rings. The van der Waals surface area contributed by atoms with Gasteiger partial charge in [0.05, 0.1) is 10.0 Å². The van der Waals surface area contributed by atoms with E-state index in [-0.39, 0.29) is 0 Å². The minimum atomic E-state index is 0.312. The summed E-state index contributed by atoms with van der Waals surface area (Å²) in [7, 11) is 0. The maximum absolute atomic E-state index is 12.8. The summed E-state index contributed by atoms with van der Waals surface area (Å²) in [5, 5.41) is 1.11. The molecule has 3 heteroatoms. The average Bonchev–Trinajstić information content (AvgIpc) is 2.41. The molecule has 0 N–H and O–H groups in total. The topological polar surface area (TPSA) is 17.1 Å². The van der Waals surface area contributed by atoms with E-state index in [2.05, 4.69) is 0 Å². The van der Waals surface area contributed by atoms with Gasteiger partial charge in [-0.25, -0.2) is 0 Å². The van der Waals surface area contributed by atoms with Crippen molar-refractivity contribution in [2.75, 3.05) is 0 Å². The molecule has 0 saturated heterocycles. The largest absolute Gasteiger partial charge is 0.299 e. The lowest BCUT2D eigenvalue weighted by Crippen LogP contribution is -2.48. The molecule has 21 heavy (non-hydrogen) atoms. The van der Waals surface area contributed by atoms with Crippen molar-refractivity contribution in [3.8, 4) is 0 Å². The SMILES string of the molecule is O=C(Cc1ccc(Cl)c(Cl)c1)C1C2CC3CC(C2)CC1C3. The fourth-order valence-electron chi connectivity index (χ4n) is 5.42. The van der Waals surface area contributed by atoms with E-state index in [9.17, 15) is 4.79 Å². The van der Waals surface area contributed by atoms with Gasteiger partial charge in [0.25, 0.3) is 0 Å². The van der Waals surface area contributed by atoms with Crippen molar-refractivity contribution in [2.24, 2.45) is 29.6 Å². The molecule has 0 aliphatic heterocycles. The van der Waals surface area contributed by atoms with Gasteiger partial charge in [0.1, 0.15) is 5.78 Å². The molecule has 4 fully saturated rings. The summed E-state index contributed by atoms with van der Waals surface area (Å²) in [4.78, 5) is 12.8. The Labute approximate surface area is 136 Å². The lowest BCUT2D eigenvalue weighted by Gasteiger charge is -2.53. The standard InChI is InChI=1S/C18H20Cl2O/c19-15-2-1-10(8-16(15)20)9-17(21)18-13-4-11-3-12(6-13)7-14(18)5-11/h1-2,8,11-14,18H,3-7,9H2. The lowest BCUT2D eigenvalue weighted by atomic mass is 9.51. The first-order valence-electron chi connectivity index (χ1n) is 8.07. The van der Waals surface area contributed by atoms with E-state index >= 15 is 0 Å². The number of carbonyl (C=O) groups is 1. The zero-order valence-corrected chi connectivity index (χ0v) is 13.5. The molecule has 4 aliphatic carbocycles. The van der Waals surface area contributed by atoms with Crippen LogP contribution in [0.4, 0.5) is 0 Å². The minimum absolute atomic E-state index is 0.312. The number of halogens is 2. The molecule has 1 nitrogen and oxygen atoms in total. The van der Waals surface area contributed by atoms with E-state index in [1.807, 2.05) is 12.1 Å². The normalized spacial score (nSPS) is 37.0. The molecule has 112 valence electrons. The van der Waals surface area contributed by atoms with Gasteiger partial charge in [-0.2, -0.15) is 0 Å². The van der Waals surface area contributed by atoms with E-state index in [1.54, 1.807) is 6.07 Å². The van der Waals surface area contributed by atoms with Crippen LogP contribution >= 0.6 is 23.2 Å².